The van der Waals surface area contributed by atoms with Crippen molar-refractivity contribution in [2.45, 2.75) is 39.4 Å². The molecule has 5 nitrogen and oxygen atoms in total. The number of aliphatic carboxylic acids is 1. The largest absolute Gasteiger partial charge is 0.479 e. The highest BCUT2D eigenvalue weighted by atomic mass is 35.5. The van der Waals surface area contributed by atoms with E-state index in [0.29, 0.717) is 10.6 Å². The molecular formula is C27H25ClN2O3. The van der Waals surface area contributed by atoms with Crippen LogP contribution in [-0.4, -0.2) is 26.6 Å². The van der Waals surface area contributed by atoms with Crippen LogP contribution in [0, 0.1) is 6.92 Å². The van der Waals surface area contributed by atoms with Gasteiger partial charge in [-0.2, -0.15) is 0 Å². The van der Waals surface area contributed by atoms with Gasteiger partial charge in [-0.05, 0) is 73.4 Å². The van der Waals surface area contributed by atoms with Crippen molar-refractivity contribution in [3.63, 3.8) is 0 Å². The molecule has 0 radical (unpaired) electrons. The molecule has 0 saturated heterocycles. The van der Waals surface area contributed by atoms with Crippen LogP contribution in [-0.2, 0) is 9.53 Å². The summed E-state index contributed by atoms with van der Waals surface area (Å²) in [6, 6.07) is 15.5. The molecule has 4 aromatic rings. The number of hydrogen-bond acceptors (Lipinski definition) is 4. The van der Waals surface area contributed by atoms with Crippen LogP contribution >= 0.6 is 11.6 Å². The standard InChI is InChI=1S/C27H25ClN2O3/c1-16-13-19-14-18(22-15-29-11-12-30-22)7-10-21(19)24(17-5-8-20(28)9-6-17)23(16)25(26(31)32)33-27(2,3)4/h5-15,25H,1-4H3,(H,31,32). The van der Waals surface area contributed by atoms with Crippen LogP contribution in [0.5, 0.6) is 0 Å². The van der Waals surface area contributed by atoms with Gasteiger partial charge < -0.3 is 9.84 Å². The zero-order valence-corrected chi connectivity index (χ0v) is 19.7. The summed E-state index contributed by atoms with van der Waals surface area (Å²) in [6.45, 7) is 7.49. The Morgan fingerprint density at radius 1 is 1.03 bits per heavy atom. The summed E-state index contributed by atoms with van der Waals surface area (Å²) in [7, 11) is 0. The Bertz CT molecular complexity index is 1310. The average molecular weight is 461 g/mol. The number of carboxylic acids is 1. The maximum Gasteiger partial charge on any atom is 0.337 e. The first-order chi connectivity index (χ1) is 15.6. The van der Waals surface area contributed by atoms with Gasteiger partial charge in [0.05, 0.1) is 17.5 Å². The number of carboxylic acid groups (broad SMARTS) is 1. The van der Waals surface area contributed by atoms with Crippen molar-refractivity contribution < 1.29 is 14.6 Å². The summed E-state index contributed by atoms with van der Waals surface area (Å²) in [6.07, 6.45) is 3.90. The Balaban J connectivity index is 2.02. The van der Waals surface area contributed by atoms with Gasteiger partial charge in [0.15, 0.2) is 6.10 Å². The zero-order chi connectivity index (χ0) is 23.8. The molecule has 1 atom stereocenters. The Morgan fingerprint density at radius 3 is 2.33 bits per heavy atom. The fourth-order valence-electron chi connectivity index (χ4n) is 4.02. The topological polar surface area (TPSA) is 72.3 Å². The Hall–Kier alpha value is -3.28. The summed E-state index contributed by atoms with van der Waals surface area (Å²) in [5.74, 6) is -1.03. The van der Waals surface area contributed by atoms with Crippen molar-refractivity contribution in [1.29, 1.82) is 0 Å². The Morgan fingerprint density at radius 2 is 1.73 bits per heavy atom. The number of halogens is 1. The number of nitrogens with zero attached hydrogens (tertiary/aromatic N) is 2. The summed E-state index contributed by atoms with van der Waals surface area (Å²) < 4.78 is 6.05. The van der Waals surface area contributed by atoms with Gasteiger partial charge in [-0.15, -0.1) is 0 Å². The second-order valence-corrected chi connectivity index (χ2v) is 9.40. The number of fused-ring (bicyclic) bond motifs is 1. The van der Waals surface area contributed by atoms with Crippen molar-refractivity contribution >= 4 is 28.3 Å². The number of carbonyl (C=O) groups is 1. The van der Waals surface area contributed by atoms with E-state index in [1.807, 2.05) is 70.2 Å². The number of ether oxygens (including phenoxy) is 1. The molecule has 33 heavy (non-hydrogen) atoms. The molecule has 3 aromatic carbocycles. The summed E-state index contributed by atoms with van der Waals surface area (Å²) in [4.78, 5) is 21.0. The van der Waals surface area contributed by atoms with E-state index in [4.69, 9.17) is 16.3 Å². The lowest BCUT2D eigenvalue weighted by atomic mass is 9.86. The Labute approximate surface area is 198 Å². The third-order valence-corrected chi connectivity index (χ3v) is 5.59. The third kappa shape index (κ3) is 4.90. The third-order valence-electron chi connectivity index (χ3n) is 5.34. The van der Waals surface area contributed by atoms with Crippen molar-refractivity contribution in [3.8, 4) is 22.4 Å². The highest BCUT2D eigenvalue weighted by Crippen LogP contribution is 2.41. The quantitative estimate of drug-likeness (QED) is 0.352. The van der Waals surface area contributed by atoms with Crippen molar-refractivity contribution in [1.82, 2.24) is 9.97 Å². The lowest BCUT2D eigenvalue weighted by molar-refractivity contribution is -0.160. The van der Waals surface area contributed by atoms with Gasteiger partial charge in [0.2, 0.25) is 0 Å². The van der Waals surface area contributed by atoms with Gasteiger partial charge >= 0.3 is 5.97 Å². The van der Waals surface area contributed by atoms with Gasteiger partial charge in [0.25, 0.3) is 0 Å². The van der Waals surface area contributed by atoms with E-state index >= 15 is 0 Å². The molecule has 0 amide bonds. The summed E-state index contributed by atoms with van der Waals surface area (Å²) in [5, 5.41) is 12.6. The average Bonchev–Trinajstić information content (AvgIpc) is 2.77. The molecule has 168 valence electrons. The molecule has 1 aromatic heterocycles. The van der Waals surface area contributed by atoms with Crippen LogP contribution in [0.15, 0.2) is 67.1 Å². The number of hydrogen-bond donors (Lipinski definition) is 1. The van der Waals surface area contributed by atoms with Crippen molar-refractivity contribution in [3.05, 3.63) is 83.3 Å². The first-order valence-corrected chi connectivity index (χ1v) is 11.0. The molecule has 0 aliphatic carbocycles. The fraction of sp³-hybridized carbons (Fsp3) is 0.222. The van der Waals surface area contributed by atoms with E-state index in [-0.39, 0.29) is 0 Å². The van der Waals surface area contributed by atoms with Crippen LogP contribution < -0.4 is 0 Å². The number of aromatic nitrogens is 2. The van der Waals surface area contributed by atoms with Crippen molar-refractivity contribution in [2.24, 2.45) is 0 Å². The molecule has 0 spiro atoms. The maximum atomic E-state index is 12.4. The second kappa shape index (κ2) is 8.93. The van der Waals surface area contributed by atoms with Crippen molar-refractivity contribution in [2.75, 3.05) is 0 Å². The van der Waals surface area contributed by atoms with Crippen LogP contribution in [0.4, 0.5) is 0 Å². The SMILES string of the molecule is Cc1cc2cc(-c3cnccn3)ccc2c(-c2ccc(Cl)cc2)c1C(OC(C)(C)C)C(=O)O. The number of rotatable bonds is 5. The predicted molar refractivity (Wildman–Crippen MR) is 131 cm³/mol. The first kappa shape index (κ1) is 22.9. The monoisotopic (exact) mass is 460 g/mol. The minimum absolute atomic E-state index is 0.614. The maximum absolute atomic E-state index is 12.4. The van der Waals surface area contributed by atoms with Gasteiger partial charge in [0, 0.05) is 28.5 Å². The van der Waals surface area contributed by atoms with E-state index in [1.165, 1.54) is 0 Å². The highest BCUT2D eigenvalue weighted by molar-refractivity contribution is 6.30. The molecule has 1 unspecified atom stereocenters. The molecular weight excluding hydrogens is 436 g/mol. The molecule has 0 saturated carbocycles. The molecule has 4 rings (SSSR count). The number of aryl methyl sites for hydroxylation is 1. The van der Waals surface area contributed by atoms with Crippen LogP contribution in [0.2, 0.25) is 5.02 Å². The van der Waals surface area contributed by atoms with E-state index in [0.717, 1.165) is 38.7 Å². The molecule has 0 aliphatic rings. The van der Waals surface area contributed by atoms with Gasteiger partial charge in [-0.25, -0.2) is 4.79 Å². The van der Waals surface area contributed by atoms with Gasteiger partial charge in [0.1, 0.15) is 0 Å². The van der Waals surface area contributed by atoms with E-state index in [9.17, 15) is 9.90 Å². The smallest absolute Gasteiger partial charge is 0.337 e. The summed E-state index contributed by atoms with van der Waals surface area (Å²) in [5.41, 5.74) is 4.24. The fourth-order valence-corrected chi connectivity index (χ4v) is 4.15. The molecule has 6 heteroatoms. The Kier molecular flexibility index (Phi) is 6.19. The van der Waals surface area contributed by atoms with Crippen LogP contribution in [0.25, 0.3) is 33.2 Å². The minimum atomic E-state index is -1.13. The normalized spacial score (nSPS) is 12.6. The molecule has 0 aliphatic heterocycles. The van der Waals surface area contributed by atoms with E-state index < -0.39 is 17.7 Å². The molecule has 0 bridgehead atoms. The molecule has 1 N–H and O–H groups in total. The van der Waals surface area contributed by atoms with E-state index in [1.54, 1.807) is 18.6 Å². The molecule has 1 heterocycles. The van der Waals surface area contributed by atoms with Crippen LogP contribution in [0.1, 0.15) is 38.0 Å². The highest BCUT2D eigenvalue weighted by Gasteiger charge is 2.31. The summed E-state index contributed by atoms with van der Waals surface area (Å²) >= 11 is 6.15. The first-order valence-electron chi connectivity index (χ1n) is 10.6. The number of benzene rings is 3. The van der Waals surface area contributed by atoms with Gasteiger partial charge in [-0.3, -0.25) is 9.97 Å². The lowest BCUT2D eigenvalue weighted by Gasteiger charge is -2.28. The molecule has 0 fully saturated rings. The van der Waals surface area contributed by atoms with E-state index in [2.05, 4.69) is 16.0 Å². The second-order valence-electron chi connectivity index (χ2n) is 8.96. The zero-order valence-electron chi connectivity index (χ0n) is 19.0. The lowest BCUT2D eigenvalue weighted by Crippen LogP contribution is -2.28. The predicted octanol–water partition coefficient (Wildman–Crippen LogP) is 6.87. The minimum Gasteiger partial charge on any atom is -0.479 e. The van der Waals surface area contributed by atoms with Gasteiger partial charge in [-0.1, -0.05) is 41.9 Å². The van der Waals surface area contributed by atoms with Crippen LogP contribution in [0.3, 0.4) is 0 Å².